The third-order valence-corrected chi connectivity index (χ3v) is 4.24. The quantitative estimate of drug-likeness (QED) is 0.822. The number of carboxylic acid groups (broad SMARTS) is 1. The maximum atomic E-state index is 11.0. The normalized spacial score (nSPS) is 10.4. The van der Waals surface area contributed by atoms with Crippen LogP contribution < -0.4 is 0 Å². The Kier molecular flexibility index (Phi) is 4.50. The van der Waals surface area contributed by atoms with Gasteiger partial charge in [0.05, 0.1) is 5.56 Å². The summed E-state index contributed by atoms with van der Waals surface area (Å²) in [5.74, 6) is -0.0402. The summed E-state index contributed by atoms with van der Waals surface area (Å²) >= 11 is 4.74. The summed E-state index contributed by atoms with van der Waals surface area (Å²) in [7, 11) is 0. The zero-order chi connectivity index (χ0) is 13.8. The van der Waals surface area contributed by atoms with Gasteiger partial charge in [0.2, 0.25) is 0 Å². The van der Waals surface area contributed by atoms with E-state index in [1.807, 2.05) is 12.1 Å². The summed E-state index contributed by atoms with van der Waals surface area (Å²) in [4.78, 5) is 11.9. The molecular formula is C14H11BrO3S. The molecule has 2 aromatic carbocycles. The molecule has 0 aliphatic rings. The van der Waals surface area contributed by atoms with Crippen LogP contribution in [0.3, 0.4) is 0 Å². The van der Waals surface area contributed by atoms with E-state index >= 15 is 0 Å². The van der Waals surface area contributed by atoms with Crippen LogP contribution in [0.25, 0.3) is 0 Å². The summed E-state index contributed by atoms with van der Waals surface area (Å²) in [5.41, 5.74) is 1.24. The number of hydrogen-bond donors (Lipinski definition) is 2. The van der Waals surface area contributed by atoms with Gasteiger partial charge in [-0.25, -0.2) is 4.79 Å². The molecule has 2 rings (SSSR count). The highest BCUT2D eigenvalue weighted by molar-refractivity contribution is 9.10. The van der Waals surface area contributed by atoms with E-state index in [2.05, 4.69) is 15.9 Å². The topological polar surface area (TPSA) is 57.5 Å². The third kappa shape index (κ3) is 3.75. The maximum absolute atomic E-state index is 11.0. The maximum Gasteiger partial charge on any atom is 0.336 e. The van der Waals surface area contributed by atoms with Crippen molar-refractivity contribution in [1.82, 2.24) is 0 Å². The van der Waals surface area contributed by atoms with E-state index in [0.29, 0.717) is 10.2 Å². The number of carboxylic acids is 1. The van der Waals surface area contributed by atoms with Gasteiger partial charge in [-0.05, 0) is 51.8 Å². The molecule has 0 spiro atoms. The average Bonchev–Trinajstić information content (AvgIpc) is 2.37. The number of phenols is 1. The lowest BCUT2D eigenvalue weighted by atomic mass is 10.2. The number of halogens is 1. The van der Waals surface area contributed by atoms with Gasteiger partial charge < -0.3 is 10.2 Å². The van der Waals surface area contributed by atoms with E-state index in [9.17, 15) is 9.90 Å². The van der Waals surface area contributed by atoms with Gasteiger partial charge in [0, 0.05) is 15.1 Å². The molecule has 3 nitrogen and oxygen atoms in total. The second kappa shape index (κ2) is 6.12. The monoisotopic (exact) mass is 338 g/mol. The van der Waals surface area contributed by atoms with Crippen molar-refractivity contribution < 1.29 is 15.0 Å². The van der Waals surface area contributed by atoms with Crippen molar-refractivity contribution >= 4 is 33.7 Å². The zero-order valence-electron chi connectivity index (χ0n) is 9.84. The Morgan fingerprint density at radius 1 is 1.21 bits per heavy atom. The highest BCUT2D eigenvalue weighted by atomic mass is 79.9. The van der Waals surface area contributed by atoms with Crippen molar-refractivity contribution in [2.24, 2.45) is 0 Å². The van der Waals surface area contributed by atoms with Crippen LogP contribution >= 0.6 is 27.7 Å². The Morgan fingerprint density at radius 3 is 2.68 bits per heavy atom. The fraction of sp³-hybridized carbons (Fsp3) is 0.0714. The lowest BCUT2D eigenvalue weighted by Crippen LogP contribution is -1.97. The third-order valence-electron chi connectivity index (χ3n) is 2.48. The molecule has 0 radical (unpaired) electrons. The van der Waals surface area contributed by atoms with Crippen LogP contribution in [0.2, 0.25) is 0 Å². The van der Waals surface area contributed by atoms with Crippen molar-refractivity contribution in [2.75, 3.05) is 0 Å². The van der Waals surface area contributed by atoms with Crippen molar-refractivity contribution in [3.05, 3.63) is 58.1 Å². The largest absolute Gasteiger partial charge is 0.508 e. The van der Waals surface area contributed by atoms with Crippen molar-refractivity contribution in [3.63, 3.8) is 0 Å². The molecule has 2 N–H and O–H groups in total. The molecule has 0 heterocycles. The SMILES string of the molecule is O=C(O)c1cc(SCc2cccc(O)c2)ccc1Br. The Morgan fingerprint density at radius 2 is 2.00 bits per heavy atom. The molecule has 0 amide bonds. The number of phenolic OH excluding ortho intramolecular Hbond substituents is 1. The molecule has 0 aliphatic heterocycles. The molecular weight excluding hydrogens is 328 g/mol. The van der Waals surface area contributed by atoms with Crippen LogP contribution in [0.4, 0.5) is 0 Å². The lowest BCUT2D eigenvalue weighted by molar-refractivity contribution is 0.0695. The van der Waals surface area contributed by atoms with Crippen molar-refractivity contribution in [2.45, 2.75) is 10.6 Å². The molecule has 0 saturated carbocycles. The van der Waals surface area contributed by atoms with Gasteiger partial charge in [-0.1, -0.05) is 12.1 Å². The summed E-state index contributed by atoms with van der Waals surface area (Å²) in [6, 6.07) is 12.3. The van der Waals surface area contributed by atoms with Crippen LogP contribution in [0.15, 0.2) is 51.8 Å². The fourth-order valence-corrected chi connectivity index (χ4v) is 2.87. The number of rotatable bonds is 4. The predicted molar refractivity (Wildman–Crippen MR) is 78.8 cm³/mol. The predicted octanol–water partition coefficient (Wildman–Crippen LogP) is 4.15. The van der Waals surface area contributed by atoms with Gasteiger partial charge in [0.25, 0.3) is 0 Å². The number of aromatic hydroxyl groups is 1. The molecule has 19 heavy (non-hydrogen) atoms. The number of carbonyl (C=O) groups is 1. The summed E-state index contributed by atoms with van der Waals surface area (Å²) in [6.07, 6.45) is 0. The minimum absolute atomic E-state index is 0.236. The molecule has 2 aromatic rings. The van der Waals surface area contributed by atoms with Gasteiger partial charge in [-0.3, -0.25) is 0 Å². The van der Waals surface area contributed by atoms with Crippen LogP contribution in [0.5, 0.6) is 5.75 Å². The van der Waals surface area contributed by atoms with E-state index in [1.54, 1.807) is 30.3 Å². The standard InChI is InChI=1S/C14H11BrO3S/c15-13-5-4-11(7-12(13)14(17)18)19-8-9-2-1-3-10(16)6-9/h1-7,16H,8H2,(H,17,18). The van der Waals surface area contributed by atoms with Crippen LogP contribution in [0.1, 0.15) is 15.9 Å². The highest BCUT2D eigenvalue weighted by Gasteiger charge is 2.09. The van der Waals surface area contributed by atoms with E-state index in [1.165, 1.54) is 11.8 Å². The zero-order valence-corrected chi connectivity index (χ0v) is 12.2. The minimum atomic E-state index is -0.952. The molecule has 0 aromatic heterocycles. The minimum Gasteiger partial charge on any atom is -0.508 e. The molecule has 0 bridgehead atoms. The first-order valence-electron chi connectivity index (χ1n) is 5.50. The van der Waals surface area contributed by atoms with E-state index in [-0.39, 0.29) is 11.3 Å². The summed E-state index contributed by atoms with van der Waals surface area (Å²) in [6.45, 7) is 0. The first-order chi connectivity index (χ1) is 9.06. The Balaban J connectivity index is 2.12. The smallest absolute Gasteiger partial charge is 0.336 e. The Hall–Kier alpha value is -1.46. The van der Waals surface area contributed by atoms with Crippen LogP contribution in [0, 0.1) is 0 Å². The van der Waals surface area contributed by atoms with Crippen molar-refractivity contribution in [1.29, 1.82) is 0 Å². The second-order valence-electron chi connectivity index (χ2n) is 3.91. The Bertz CT molecular complexity index is 613. The number of hydrogen-bond acceptors (Lipinski definition) is 3. The molecule has 0 aliphatic carbocycles. The van der Waals surface area contributed by atoms with Gasteiger partial charge in [-0.15, -0.1) is 11.8 Å². The number of benzene rings is 2. The van der Waals surface area contributed by atoms with Gasteiger partial charge in [0.15, 0.2) is 0 Å². The molecule has 0 unspecified atom stereocenters. The molecule has 0 fully saturated rings. The number of thioether (sulfide) groups is 1. The highest BCUT2D eigenvalue weighted by Crippen LogP contribution is 2.28. The molecule has 5 heteroatoms. The molecule has 0 saturated heterocycles. The lowest BCUT2D eigenvalue weighted by Gasteiger charge is -2.05. The van der Waals surface area contributed by atoms with Crippen LogP contribution in [-0.2, 0) is 5.75 Å². The fourth-order valence-electron chi connectivity index (χ4n) is 1.57. The first kappa shape index (κ1) is 14.0. The van der Waals surface area contributed by atoms with Crippen LogP contribution in [-0.4, -0.2) is 16.2 Å². The summed E-state index contributed by atoms with van der Waals surface area (Å²) in [5, 5.41) is 18.4. The van der Waals surface area contributed by atoms with E-state index in [0.717, 1.165) is 10.5 Å². The van der Waals surface area contributed by atoms with Gasteiger partial charge >= 0.3 is 5.97 Å². The van der Waals surface area contributed by atoms with E-state index < -0.39 is 5.97 Å². The summed E-state index contributed by atoms with van der Waals surface area (Å²) < 4.78 is 0.571. The van der Waals surface area contributed by atoms with Gasteiger partial charge in [0.1, 0.15) is 5.75 Å². The van der Waals surface area contributed by atoms with Crippen molar-refractivity contribution in [3.8, 4) is 5.75 Å². The molecule has 98 valence electrons. The van der Waals surface area contributed by atoms with Gasteiger partial charge in [-0.2, -0.15) is 0 Å². The average molecular weight is 339 g/mol. The first-order valence-corrected chi connectivity index (χ1v) is 7.27. The Labute approximate surface area is 123 Å². The molecule has 0 atom stereocenters. The number of aromatic carboxylic acids is 1. The van der Waals surface area contributed by atoms with E-state index in [4.69, 9.17) is 5.11 Å². The second-order valence-corrected chi connectivity index (χ2v) is 5.81.